The van der Waals surface area contributed by atoms with Gasteiger partial charge in [0.1, 0.15) is 0 Å². The van der Waals surface area contributed by atoms with Gasteiger partial charge in [0, 0.05) is 0 Å². The van der Waals surface area contributed by atoms with Crippen molar-refractivity contribution < 1.29 is 9.47 Å². The van der Waals surface area contributed by atoms with Gasteiger partial charge in [0.15, 0.2) is 5.79 Å². The minimum atomic E-state index is -0.409. The third-order valence-corrected chi connectivity index (χ3v) is 7.73. The van der Waals surface area contributed by atoms with Crippen molar-refractivity contribution in [2.24, 2.45) is 28.6 Å². The predicted octanol–water partition coefficient (Wildman–Crippen LogP) is 4.38. The molecule has 2 nitrogen and oxygen atoms in total. The van der Waals surface area contributed by atoms with Crippen molar-refractivity contribution in [2.75, 3.05) is 0 Å². The number of fused-ring (bicyclic) bond motifs is 3. The molecule has 1 heterocycles. The summed E-state index contributed by atoms with van der Waals surface area (Å²) in [7, 11) is 0. The summed E-state index contributed by atoms with van der Waals surface area (Å²) < 4.78 is 12.8. The Morgan fingerprint density at radius 3 is 2.30 bits per heavy atom. The number of hydrogen-bond donors (Lipinski definition) is 0. The van der Waals surface area contributed by atoms with Gasteiger partial charge >= 0.3 is 0 Å². The van der Waals surface area contributed by atoms with Crippen LogP contribution in [0.2, 0.25) is 0 Å². The first-order chi connectivity index (χ1) is 9.12. The van der Waals surface area contributed by atoms with Gasteiger partial charge in [0.05, 0.1) is 11.7 Å². The highest BCUT2D eigenvalue weighted by Crippen LogP contribution is 2.75. The summed E-state index contributed by atoms with van der Waals surface area (Å²) in [6.45, 7) is 14.0. The van der Waals surface area contributed by atoms with E-state index in [4.69, 9.17) is 9.47 Å². The third kappa shape index (κ3) is 1.34. The van der Waals surface area contributed by atoms with Crippen molar-refractivity contribution >= 4 is 0 Å². The Labute approximate surface area is 123 Å². The number of hydrogen-bond acceptors (Lipinski definition) is 2. The van der Waals surface area contributed by atoms with E-state index in [9.17, 15) is 0 Å². The van der Waals surface area contributed by atoms with Crippen LogP contribution >= 0.6 is 0 Å². The molecule has 2 bridgehead atoms. The standard InChI is InChI=1S/C18H30O2/c1-11-7-8-12-15(2,3)13-9-18(11,12)10-14-17(13,6)20-16(4,5)19-14/h11-14H,7-10H2,1-6H3/t11-,12+,13-,14+,17-,18?/m1/s1. The first-order valence-corrected chi connectivity index (χ1v) is 8.50. The average Bonchev–Trinajstić information content (AvgIpc) is 2.80. The zero-order valence-corrected chi connectivity index (χ0v) is 14.0. The SMILES string of the molecule is C[C@@H]1CC[C@H]2C(C)(C)[C@H]3CC12C[C@@H]1OC(C)(C)O[C@@]13C. The monoisotopic (exact) mass is 278 g/mol. The van der Waals surface area contributed by atoms with Gasteiger partial charge in [0.25, 0.3) is 0 Å². The fraction of sp³-hybridized carbons (Fsp3) is 1.00. The summed E-state index contributed by atoms with van der Waals surface area (Å²) in [5, 5.41) is 0. The fourth-order valence-corrected chi connectivity index (χ4v) is 7.01. The van der Waals surface area contributed by atoms with Crippen LogP contribution in [0.15, 0.2) is 0 Å². The molecule has 1 aliphatic heterocycles. The molecule has 3 aliphatic carbocycles. The molecular formula is C18H30O2. The lowest BCUT2D eigenvalue weighted by Gasteiger charge is -2.47. The van der Waals surface area contributed by atoms with E-state index >= 15 is 0 Å². The first-order valence-electron chi connectivity index (χ1n) is 8.50. The van der Waals surface area contributed by atoms with E-state index in [0.717, 1.165) is 11.8 Å². The predicted molar refractivity (Wildman–Crippen MR) is 79.3 cm³/mol. The lowest BCUT2D eigenvalue weighted by atomic mass is 9.63. The summed E-state index contributed by atoms with van der Waals surface area (Å²) in [6.07, 6.45) is 5.70. The van der Waals surface area contributed by atoms with E-state index in [2.05, 4.69) is 41.5 Å². The van der Waals surface area contributed by atoms with Crippen LogP contribution in [0.4, 0.5) is 0 Å². The van der Waals surface area contributed by atoms with Crippen molar-refractivity contribution in [3.8, 4) is 0 Å². The Morgan fingerprint density at radius 1 is 0.900 bits per heavy atom. The van der Waals surface area contributed by atoms with E-state index in [0.29, 0.717) is 22.9 Å². The molecule has 0 amide bonds. The second-order valence-electron chi connectivity index (χ2n) is 9.34. The molecule has 0 aromatic rings. The van der Waals surface area contributed by atoms with Crippen LogP contribution in [0.3, 0.4) is 0 Å². The Bertz CT molecular complexity index is 454. The average molecular weight is 278 g/mol. The Hall–Kier alpha value is -0.0800. The molecule has 0 radical (unpaired) electrons. The maximum atomic E-state index is 6.48. The second kappa shape index (κ2) is 3.46. The lowest BCUT2D eigenvalue weighted by Crippen LogP contribution is -2.52. The second-order valence-corrected chi connectivity index (χ2v) is 9.34. The van der Waals surface area contributed by atoms with Crippen LogP contribution < -0.4 is 0 Å². The van der Waals surface area contributed by atoms with Gasteiger partial charge in [-0.25, -0.2) is 0 Å². The summed E-state index contributed by atoms with van der Waals surface area (Å²) in [4.78, 5) is 0. The lowest BCUT2D eigenvalue weighted by molar-refractivity contribution is -0.177. The summed E-state index contributed by atoms with van der Waals surface area (Å²) in [6, 6.07) is 0. The van der Waals surface area contributed by atoms with Gasteiger partial charge < -0.3 is 9.47 Å². The molecule has 0 aromatic heterocycles. The summed E-state index contributed by atoms with van der Waals surface area (Å²) in [5.74, 6) is 1.96. The zero-order chi connectivity index (χ0) is 14.6. The molecule has 4 aliphatic rings. The molecule has 0 N–H and O–H groups in total. The molecule has 20 heavy (non-hydrogen) atoms. The highest BCUT2D eigenvalue weighted by molar-refractivity contribution is 5.21. The molecule has 4 fully saturated rings. The topological polar surface area (TPSA) is 18.5 Å². The quantitative estimate of drug-likeness (QED) is 0.654. The van der Waals surface area contributed by atoms with E-state index in [-0.39, 0.29) is 5.60 Å². The molecule has 2 heteroatoms. The fourth-order valence-electron chi connectivity index (χ4n) is 7.01. The zero-order valence-electron chi connectivity index (χ0n) is 14.0. The van der Waals surface area contributed by atoms with Gasteiger partial charge in [-0.15, -0.1) is 0 Å². The maximum Gasteiger partial charge on any atom is 0.164 e. The van der Waals surface area contributed by atoms with Crippen molar-refractivity contribution in [3.63, 3.8) is 0 Å². The molecule has 3 saturated carbocycles. The Morgan fingerprint density at radius 2 is 1.60 bits per heavy atom. The third-order valence-electron chi connectivity index (χ3n) is 7.73. The minimum absolute atomic E-state index is 0.0810. The Balaban J connectivity index is 1.82. The number of rotatable bonds is 0. The van der Waals surface area contributed by atoms with Crippen LogP contribution in [0.25, 0.3) is 0 Å². The van der Waals surface area contributed by atoms with Crippen LogP contribution in [-0.4, -0.2) is 17.5 Å². The molecule has 1 unspecified atom stereocenters. The van der Waals surface area contributed by atoms with E-state index in [1.165, 1.54) is 25.7 Å². The van der Waals surface area contributed by atoms with Crippen molar-refractivity contribution in [3.05, 3.63) is 0 Å². The molecule has 1 spiro atoms. The molecule has 4 rings (SSSR count). The Kier molecular flexibility index (Phi) is 2.35. The number of ether oxygens (including phenoxy) is 2. The van der Waals surface area contributed by atoms with Crippen molar-refractivity contribution in [1.29, 1.82) is 0 Å². The van der Waals surface area contributed by atoms with Gasteiger partial charge in [-0.2, -0.15) is 0 Å². The maximum absolute atomic E-state index is 6.48. The van der Waals surface area contributed by atoms with Crippen LogP contribution in [0, 0.1) is 28.6 Å². The smallest absolute Gasteiger partial charge is 0.164 e. The summed E-state index contributed by atoms with van der Waals surface area (Å²) in [5.41, 5.74) is 0.836. The molecule has 6 atom stereocenters. The van der Waals surface area contributed by atoms with E-state index in [1.807, 2.05) is 0 Å². The van der Waals surface area contributed by atoms with E-state index < -0.39 is 5.79 Å². The normalized spacial score (nSPS) is 58.5. The minimum Gasteiger partial charge on any atom is -0.344 e. The molecule has 0 aromatic carbocycles. The van der Waals surface area contributed by atoms with Gasteiger partial charge in [-0.1, -0.05) is 20.8 Å². The van der Waals surface area contributed by atoms with Crippen LogP contribution in [0.5, 0.6) is 0 Å². The van der Waals surface area contributed by atoms with Gasteiger partial charge in [0.2, 0.25) is 0 Å². The van der Waals surface area contributed by atoms with Crippen molar-refractivity contribution in [2.45, 2.75) is 84.7 Å². The first kappa shape index (κ1) is 13.6. The molecular weight excluding hydrogens is 248 g/mol. The highest BCUT2D eigenvalue weighted by atomic mass is 16.8. The van der Waals surface area contributed by atoms with Crippen LogP contribution in [0.1, 0.15) is 67.2 Å². The highest BCUT2D eigenvalue weighted by Gasteiger charge is 2.73. The van der Waals surface area contributed by atoms with Crippen molar-refractivity contribution in [1.82, 2.24) is 0 Å². The molecule has 1 saturated heterocycles. The van der Waals surface area contributed by atoms with E-state index in [1.54, 1.807) is 0 Å². The largest absolute Gasteiger partial charge is 0.344 e. The van der Waals surface area contributed by atoms with Crippen LogP contribution in [-0.2, 0) is 9.47 Å². The van der Waals surface area contributed by atoms with Gasteiger partial charge in [-0.3, -0.25) is 0 Å². The molecule has 114 valence electrons. The summed E-state index contributed by atoms with van der Waals surface area (Å²) >= 11 is 0. The van der Waals surface area contributed by atoms with Gasteiger partial charge in [-0.05, 0) is 75.0 Å².